The Balaban J connectivity index is 2.27. The van der Waals surface area contributed by atoms with Crippen molar-refractivity contribution in [1.82, 2.24) is 5.32 Å². The van der Waals surface area contributed by atoms with Crippen LogP contribution in [-0.4, -0.2) is 31.8 Å². The van der Waals surface area contributed by atoms with E-state index in [1.54, 1.807) is 17.8 Å². The molecule has 1 aromatic rings. The number of nitrogens with zero attached hydrogens (tertiary/aromatic N) is 1. The maximum absolute atomic E-state index is 12.2. The molecule has 1 amide bonds. The highest BCUT2D eigenvalue weighted by Gasteiger charge is 2.28. The van der Waals surface area contributed by atoms with Crippen molar-refractivity contribution in [2.45, 2.75) is 24.7 Å². The van der Waals surface area contributed by atoms with E-state index in [2.05, 4.69) is 23.7 Å². The summed E-state index contributed by atoms with van der Waals surface area (Å²) in [6.07, 6.45) is 6.32. The minimum Gasteiger partial charge on any atom is -0.396 e. The van der Waals surface area contributed by atoms with Gasteiger partial charge in [0.15, 0.2) is 0 Å². The molecule has 1 heterocycles. The molecule has 0 unspecified atom stereocenters. The zero-order valence-corrected chi connectivity index (χ0v) is 14.3. The van der Waals surface area contributed by atoms with E-state index in [0.29, 0.717) is 17.1 Å². The van der Waals surface area contributed by atoms with E-state index < -0.39 is 0 Å². The highest BCUT2D eigenvalue weighted by atomic mass is 32.2. The second-order valence-corrected chi connectivity index (χ2v) is 6.98. The van der Waals surface area contributed by atoms with Crippen molar-refractivity contribution in [3.8, 4) is 0 Å². The third-order valence-corrected chi connectivity index (χ3v) is 5.76. The lowest BCUT2D eigenvalue weighted by atomic mass is 10.3. The molecule has 4 nitrogen and oxygen atoms in total. The molecule has 116 valence electrons. The number of nitrogen functional groups attached to an aromatic ring is 1. The van der Waals surface area contributed by atoms with Crippen LogP contribution >= 0.6 is 23.1 Å². The average Bonchev–Trinajstić information content (AvgIpc) is 3.24. The minimum atomic E-state index is -0.110. The van der Waals surface area contributed by atoms with Crippen LogP contribution in [0.2, 0.25) is 0 Å². The van der Waals surface area contributed by atoms with E-state index in [1.165, 1.54) is 24.2 Å². The fraction of sp³-hybridized carbons (Fsp3) is 0.533. The summed E-state index contributed by atoms with van der Waals surface area (Å²) in [6.45, 7) is 8.23. The maximum Gasteiger partial charge on any atom is 0.263 e. The summed E-state index contributed by atoms with van der Waals surface area (Å²) in [5, 5.41) is 3.95. The highest BCUT2D eigenvalue weighted by molar-refractivity contribution is 7.99. The number of nitrogens with one attached hydrogen (secondary N) is 1. The second kappa shape index (κ2) is 7.22. The Morgan fingerprint density at radius 1 is 1.62 bits per heavy atom. The molecule has 0 saturated heterocycles. The van der Waals surface area contributed by atoms with Crippen LogP contribution in [0.1, 0.15) is 29.4 Å². The highest BCUT2D eigenvalue weighted by Crippen LogP contribution is 2.45. The first-order valence-electron chi connectivity index (χ1n) is 7.22. The Labute approximate surface area is 134 Å². The summed E-state index contributed by atoms with van der Waals surface area (Å²) in [6, 6.07) is 0. The molecule has 1 aliphatic rings. The third-order valence-electron chi connectivity index (χ3n) is 3.54. The fourth-order valence-corrected chi connectivity index (χ4v) is 4.37. The number of hydrogen-bond acceptors (Lipinski definition) is 5. The van der Waals surface area contributed by atoms with Gasteiger partial charge in [-0.1, -0.05) is 6.08 Å². The first-order chi connectivity index (χ1) is 10.1. The van der Waals surface area contributed by atoms with Gasteiger partial charge in [0.1, 0.15) is 9.88 Å². The van der Waals surface area contributed by atoms with Crippen molar-refractivity contribution in [2.24, 2.45) is 5.92 Å². The van der Waals surface area contributed by atoms with E-state index in [0.717, 1.165) is 28.9 Å². The molecule has 0 aromatic carbocycles. The SMILES string of the molecule is C=CCNC(=O)c1sc(N(CC)CC2CC2)c(SC)c1N. The molecule has 1 aromatic heterocycles. The number of carbonyl (C=O) groups excluding carboxylic acids is 1. The lowest BCUT2D eigenvalue weighted by Crippen LogP contribution is -2.24. The van der Waals surface area contributed by atoms with Gasteiger partial charge in [-0.05, 0) is 31.9 Å². The Morgan fingerprint density at radius 2 is 2.33 bits per heavy atom. The number of thiophene rings is 1. The van der Waals surface area contributed by atoms with Crippen LogP contribution in [0, 0.1) is 5.92 Å². The number of thioether (sulfide) groups is 1. The van der Waals surface area contributed by atoms with Crippen LogP contribution < -0.4 is 16.0 Å². The summed E-state index contributed by atoms with van der Waals surface area (Å²) in [5.41, 5.74) is 6.81. The van der Waals surface area contributed by atoms with Crippen molar-refractivity contribution in [3.05, 3.63) is 17.5 Å². The molecule has 21 heavy (non-hydrogen) atoms. The molecule has 1 fully saturated rings. The minimum absolute atomic E-state index is 0.110. The predicted octanol–water partition coefficient (Wildman–Crippen LogP) is 3.20. The van der Waals surface area contributed by atoms with Crippen molar-refractivity contribution in [2.75, 3.05) is 36.5 Å². The van der Waals surface area contributed by atoms with Gasteiger partial charge in [-0.2, -0.15) is 0 Å². The van der Waals surface area contributed by atoms with Crippen LogP contribution in [-0.2, 0) is 0 Å². The van der Waals surface area contributed by atoms with Crippen molar-refractivity contribution < 1.29 is 4.79 Å². The van der Waals surface area contributed by atoms with Gasteiger partial charge in [-0.3, -0.25) is 4.79 Å². The summed E-state index contributed by atoms with van der Waals surface area (Å²) in [4.78, 5) is 16.2. The van der Waals surface area contributed by atoms with Gasteiger partial charge in [0.2, 0.25) is 0 Å². The van der Waals surface area contributed by atoms with Gasteiger partial charge >= 0.3 is 0 Å². The van der Waals surface area contributed by atoms with Gasteiger partial charge < -0.3 is 16.0 Å². The van der Waals surface area contributed by atoms with Crippen LogP contribution in [0.5, 0.6) is 0 Å². The van der Waals surface area contributed by atoms with E-state index in [9.17, 15) is 4.79 Å². The lowest BCUT2D eigenvalue weighted by molar-refractivity contribution is 0.0963. The standard InChI is InChI=1S/C15H23N3OS2/c1-4-8-17-14(19)12-11(16)13(20-3)15(21-12)18(5-2)9-10-6-7-10/h4,10H,1,5-9,16H2,2-3H3,(H,17,19). The van der Waals surface area contributed by atoms with Gasteiger partial charge in [-0.15, -0.1) is 29.7 Å². The monoisotopic (exact) mass is 325 g/mol. The molecule has 2 rings (SSSR count). The molecule has 0 bridgehead atoms. The Bertz CT molecular complexity index is 523. The number of rotatable bonds is 8. The largest absolute Gasteiger partial charge is 0.396 e. The van der Waals surface area contributed by atoms with E-state index in [4.69, 9.17) is 5.73 Å². The molecular formula is C15H23N3OS2. The van der Waals surface area contributed by atoms with E-state index in [-0.39, 0.29) is 5.91 Å². The molecule has 0 aliphatic heterocycles. The van der Waals surface area contributed by atoms with Gasteiger partial charge in [0, 0.05) is 19.6 Å². The fourth-order valence-electron chi connectivity index (χ4n) is 2.20. The molecule has 1 aliphatic carbocycles. The van der Waals surface area contributed by atoms with Crippen molar-refractivity contribution in [1.29, 1.82) is 0 Å². The Morgan fingerprint density at radius 3 is 2.86 bits per heavy atom. The van der Waals surface area contributed by atoms with Gasteiger partial charge in [0.25, 0.3) is 5.91 Å². The first kappa shape index (κ1) is 16.2. The van der Waals surface area contributed by atoms with E-state index in [1.807, 2.05) is 6.26 Å². The number of nitrogens with two attached hydrogens (primary N) is 1. The summed E-state index contributed by atoms with van der Waals surface area (Å²) >= 11 is 3.12. The second-order valence-electron chi connectivity index (χ2n) is 5.16. The molecule has 1 saturated carbocycles. The zero-order chi connectivity index (χ0) is 15.4. The zero-order valence-electron chi connectivity index (χ0n) is 12.6. The maximum atomic E-state index is 12.2. The summed E-state index contributed by atoms with van der Waals surface area (Å²) in [5.74, 6) is 0.697. The smallest absolute Gasteiger partial charge is 0.263 e. The molecule has 3 N–H and O–H groups in total. The van der Waals surface area contributed by atoms with Crippen LogP contribution in [0.3, 0.4) is 0 Å². The quantitative estimate of drug-likeness (QED) is 0.569. The van der Waals surface area contributed by atoms with Crippen LogP contribution in [0.25, 0.3) is 0 Å². The number of carbonyl (C=O) groups is 1. The average molecular weight is 326 g/mol. The first-order valence-corrected chi connectivity index (χ1v) is 9.26. The summed E-state index contributed by atoms with van der Waals surface area (Å²) < 4.78 is 0. The lowest BCUT2D eigenvalue weighted by Gasteiger charge is -2.22. The molecule has 6 heteroatoms. The number of anilines is 2. The van der Waals surface area contributed by atoms with E-state index >= 15 is 0 Å². The van der Waals surface area contributed by atoms with Crippen molar-refractivity contribution >= 4 is 39.7 Å². The van der Waals surface area contributed by atoms with Gasteiger partial charge in [-0.25, -0.2) is 0 Å². The Kier molecular flexibility index (Phi) is 5.58. The topological polar surface area (TPSA) is 58.4 Å². The molecule has 0 spiro atoms. The predicted molar refractivity (Wildman–Crippen MR) is 93.7 cm³/mol. The molecular weight excluding hydrogens is 302 g/mol. The van der Waals surface area contributed by atoms with Crippen molar-refractivity contribution in [3.63, 3.8) is 0 Å². The van der Waals surface area contributed by atoms with Gasteiger partial charge in [0.05, 0.1) is 10.6 Å². The molecule has 0 atom stereocenters. The van der Waals surface area contributed by atoms with Crippen LogP contribution in [0.15, 0.2) is 17.6 Å². The number of hydrogen-bond donors (Lipinski definition) is 2. The molecule has 0 radical (unpaired) electrons. The number of amides is 1. The summed E-state index contributed by atoms with van der Waals surface area (Å²) in [7, 11) is 0. The third kappa shape index (κ3) is 3.74. The van der Waals surface area contributed by atoms with Crippen LogP contribution in [0.4, 0.5) is 10.7 Å². The normalized spacial score (nSPS) is 14.0. The Hall–Kier alpha value is -1.14.